The quantitative estimate of drug-likeness (QED) is 0.632. The number of aromatic amines is 1. The maximum atomic E-state index is 13.8. The minimum absolute atomic E-state index is 0.0161. The number of carbonyl (C=O) groups is 1. The standard InChI is InChI=1S/C14H10FNO/c1-8(17)9-5-6-12-10(7-9)14-11(15)3-2-4-13(14)16-12/h2-7,16H,1H3. The first kappa shape index (κ1) is 10.0. The van der Waals surface area contributed by atoms with E-state index in [0.29, 0.717) is 10.9 Å². The van der Waals surface area contributed by atoms with E-state index in [0.717, 1.165) is 16.4 Å². The highest BCUT2D eigenvalue weighted by molar-refractivity contribution is 6.10. The van der Waals surface area contributed by atoms with E-state index in [4.69, 9.17) is 0 Å². The summed E-state index contributed by atoms with van der Waals surface area (Å²) in [6.45, 7) is 1.51. The molecule has 0 aliphatic carbocycles. The molecule has 17 heavy (non-hydrogen) atoms. The molecule has 0 saturated heterocycles. The summed E-state index contributed by atoms with van der Waals surface area (Å²) in [4.78, 5) is 14.5. The van der Waals surface area contributed by atoms with Crippen molar-refractivity contribution in [3.8, 4) is 0 Å². The monoisotopic (exact) mass is 227 g/mol. The second kappa shape index (κ2) is 3.42. The van der Waals surface area contributed by atoms with Crippen LogP contribution < -0.4 is 0 Å². The van der Waals surface area contributed by atoms with Crippen molar-refractivity contribution in [2.24, 2.45) is 0 Å². The Balaban J connectivity index is 2.48. The molecule has 0 unspecified atom stereocenters. The lowest BCUT2D eigenvalue weighted by molar-refractivity contribution is 0.101. The largest absolute Gasteiger partial charge is 0.354 e. The van der Waals surface area contributed by atoms with Crippen molar-refractivity contribution >= 4 is 27.6 Å². The van der Waals surface area contributed by atoms with Gasteiger partial charge < -0.3 is 4.98 Å². The fourth-order valence-electron chi connectivity index (χ4n) is 2.13. The van der Waals surface area contributed by atoms with E-state index < -0.39 is 0 Å². The van der Waals surface area contributed by atoms with Gasteiger partial charge in [0.15, 0.2) is 5.78 Å². The van der Waals surface area contributed by atoms with Gasteiger partial charge in [-0.25, -0.2) is 4.39 Å². The molecule has 3 heteroatoms. The molecule has 0 aliphatic rings. The Hall–Kier alpha value is -2.16. The highest BCUT2D eigenvalue weighted by Gasteiger charge is 2.10. The number of hydrogen-bond donors (Lipinski definition) is 1. The van der Waals surface area contributed by atoms with Crippen LogP contribution in [0.2, 0.25) is 0 Å². The molecule has 0 bridgehead atoms. The van der Waals surface area contributed by atoms with Gasteiger partial charge in [0, 0.05) is 27.4 Å². The van der Waals surface area contributed by atoms with Gasteiger partial charge in [-0.3, -0.25) is 4.79 Å². The number of fused-ring (bicyclic) bond motifs is 3. The fourth-order valence-corrected chi connectivity index (χ4v) is 2.13. The van der Waals surface area contributed by atoms with Gasteiger partial charge in [0.1, 0.15) is 5.82 Å². The van der Waals surface area contributed by atoms with E-state index in [-0.39, 0.29) is 11.6 Å². The highest BCUT2D eigenvalue weighted by atomic mass is 19.1. The number of Topliss-reactive ketones (excluding diaryl/α,β-unsaturated/α-hetero) is 1. The third kappa shape index (κ3) is 1.43. The fraction of sp³-hybridized carbons (Fsp3) is 0.0714. The Kier molecular flexibility index (Phi) is 2.01. The number of carbonyl (C=O) groups excluding carboxylic acids is 1. The van der Waals surface area contributed by atoms with Gasteiger partial charge in [-0.2, -0.15) is 0 Å². The van der Waals surface area contributed by atoms with Crippen LogP contribution in [0.25, 0.3) is 21.8 Å². The van der Waals surface area contributed by atoms with Gasteiger partial charge >= 0.3 is 0 Å². The van der Waals surface area contributed by atoms with E-state index in [9.17, 15) is 9.18 Å². The van der Waals surface area contributed by atoms with Crippen LogP contribution in [0.1, 0.15) is 17.3 Å². The first-order valence-electron chi connectivity index (χ1n) is 5.38. The highest BCUT2D eigenvalue weighted by Crippen LogP contribution is 2.28. The second-order valence-corrected chi connectivity index (χ2v) is 4.10. The predicted molar refractivity (Wildman–Crippen MR) is 65.8 cm³/mol. The summed E-state index contributed by atoms with van der Waals surface area (Å²) in [5.74, 6) is -0.285. The zero-order chi connectivity index (χ0) is 12.0. The van der Waals surface area contributed by atoms with E-state index >= 15 is 0 Å². The Morgan fingerprint density at radius 1 is 1.18 bits per heavy atom. The van der Waals surface area contributed by atoms with E-state index in [1.165, 1.54) is 13.0 Å². The average Bonchev–Trinajstić information content (AvgIpc) is 2.67. The molecule has 1 aromatic heterocycles. The summed E-state index contributed by atoms with van der Waals surface area (Å²) >= 11 is 0. The Bertz CT molecular complexity index is 742. The van der Waals surface area contributed by atoms with Crippen LogP contribution in [-0.4, -0.2) is 10.8 Å². The topological polar surface area (TPSA) is 32.9 Å². The number of ketones is 1. The molecule has 2 nitrogen and oxygen atoms in total. The summed E-state index contributed by atoms with van der Waals surface area (Å²) in [6.07, 6.45) is 0. The van der Waals surface area contributed by atoms with Crippen LogP contribution in [0, 0.1) is 5.82 Å². The summed E-state index contributed by atoms with van der Waals surface area (Å²) in [7, 11) is 0. The van der Waals surface area contributed by atoms with Crippen molar-refractivity contribution in [2.45, 2.75) is 6.92 Å². The van der Waals surface area contributed by atoms with Crippen LogP contribution >= 0.6 is 0 Å². The van der Waals surface area contributed by atoms with Gasteiger partial charge in [0.05, 0.1) is 0 Å². The first-order chi connectivity index (χ1) is 8.16. The molecule has 84 valence electrons. The molecular weight excluding hydrogens is 217 g/mol. The van der Waals surface area contributed by atoms with Crippen LogP contribution in [0.3, 0.4) is 0 Å². The zero-order valence-corrected chi connectivity index (χ0v) is 9.25. The SMILES string of the molecule is CC(=O)c1ccc2[nH]c3cccc(F)c3c2c1. The maximum absolute atomic E-state index is 13.8. The van der Waals surface area contributed by atoms with Crippen LogP contribution in [0.4, 0.5) is 4.39 Å². The zero-order valence-electron chi connectivity index (χ0n) is 9.25. The summed E-state index contributed by atoms with van der Waals surface area (Å²) in [5, 5.41) is 1.30. The van der Waals surface area contributed by atoms with E-state index in [1.807, 2.05) is 12.1 Å². The molecule has 1 N–H and O–H groups in total. The van der Waals surface area contributed by atoms with Gasteiger partial charge in [-0.15, -0.1) is 0 Å². The summed E-state index contributed by atoms with van der Waals surface area (Å²) < 4.78 is 13.8. The molecule has 1 heterocycles. The van der Waals surface area contributed by atoms with Gasteiger partial charge in [-0.1, -0.05) is 6.07 Å². The Morgan fingerprint density at radius 3 is 2.76 bits per heavy atom. The van der Waals surface area contributed by atoms with Crippen molar-refractivity contribution in [2.75, 3.05) is 0 Å². The van der Waals surface area contributed by atoms with E-state index in [1.54, 1.807) is 18.2 Å². The number of H-pyrrole nitrogens is 1. The van der Waals surface area contributed by atoms with Crippen LogP contribution in [0.5, 0.6) is 0 Å². The third-order valence-electron chi connectivity index (χ3n) is 2.98. The molecule has 0 aliphatic heterocycles. The Labute approximate surface area is 97.1 Å². The van der Waals surface area contributed by atoms with Gasteiger partial charge in [-0.05, 0) is 37.3 Å². The molecule has 0 atom stereocenters. The number of halogens is 1. The lowest BCUT2D eigenvalue weighted by Gasteiger charge is -1.96. The van der Waals surface area contributed by atoms with Gasteiger partial charge in [0.25, 0.3) is 0 Å². The smallest absolute Gasteiger partial charge is 0.159 e. The number of hydrogen-bond acceptors (Lipinski definition) is 1. The van der Waals surface area contributed by atoms with E-state index in [2.05, 4.69) is 4.98 Å². The average molecular weight is 227 g/mol. The molecular formula is C14H10FNO. The van der Waals surface area contributed by atoms with Gasteiger partial charge in [0.2, 0.25) is 0 Å². The molecule has 0 saturated carbocycles. The van der Waals surface area contributed by atoms with Crippen molar-refractivity contribution < 1.29 is 9.18 Å². The molecule has 3 rings (SSSR count). The first-order valence-corrected chi connectivity index (χ1v) is 5.38. The van der Waals surface area contributed by atoms with Crippen LogP contribution in [0.15, 0.2) is 36.4 Å². The predicted octanol–water partition coefficient (Wildman–Crippen LogP) is 3.66. The Morgan fingerprint density at radius 2 is 2.00 bits per heavy atom. The third-order valence-corrected chi connectivity index (χ3v) is 2.98. The lowest BCUT2D eigenvalue weighted by atomic mass is 10.1. The molecule has 0 amide bonds. The number of benzene rings is 2. The van der Waals surface area contributed by atoms with Crippen molar-refractivity contribution in [3.05, 3.63) is 47.8 Å². The summed E-state index contributed by atoms with van der Waals surface area (Å²) in [6, 6.07) is 10.2. The molecule has 3 aromatic rings. The minimum Gasteiger partial charge on any atom is -0.354 e. The lowest BCUT2D eigenvalue weighted by Crippen LogP contribution is -1.90. The van der Waals surface area contributed by atoms with Crippen molar-refractivity contribution in [3.63, 3.8) is 0 Å². The maximum Gasteiger partial charge on any atom is 0.159 e. The second-order valence-electron chi connectivity index (χ2n) is 4.10. The van der Waals surface area contributed by atoms with Crippen molar-refractivity contribution in [1.82, 2.24) is 4.98 Å². The summed E-state index contributed by atoms with van der Waals surface area (Å²) in [5.41, 5.74) is 2.19. The van der Waals surface area contributed by atoms with Crippen LogP contribution in [-0.2, 0) is 0 Å². The molecule has 0 fully saturated rings. The normalized spacial score (nSPS) is 11.2. The van der Waals surface area contributed by atoms with Crippen molar-refractivity contribution in [1.29, 1.82) is 0 Å². The number of aromatic nitrogens is 1. The molecule has 2 aromatic carbocycles. The number of rotatable bonds is 1. The molecule has 0 spiro atoms. The molecule has 0 radical (unpaired) electrons. The minimum atomic E-state index is -0.269. The number of nitrogens with one attached hydrogen (secondary N) is 1.